The Labute approximate surface area is 192 Å². The molecule has 1 amide bonds. The van der Waals surface area contributed by atoms with Gasteiger partial charge in [-0.05, 0) is 36.1 Å². The number of nitrogens with one attached hydrogen (secondary N) is 1. The Hall–Kier alpha value is -3.17. The highest BCUT2D eigenvalue weighted by Crippen LogP contribution is 2.28. The van der Waals surface area contributed by atoms with E-state index in [2.05, 4.69) is 15.5 Å². The first-order valence-corrected chi connectivity index (χ1v) is 11.7. The molecule has 0 spiro atoms. The van der Waals surface area contributed by atoms with Gasteiger partial charge in [0.25, 0.3) is 11.1 Å². The highest BCUT2D eigenvalue weighted by atomic mass is 32.2. The summed E-state index contributed by atoms with van der Waals surface area (Å²) in [4.78, 5) is 13.7. The number of hydrogen-bond donors (Lipinski definition) is 1. The van der Waals surface area contributed by atoms with Gasteiger partial charge in [-0.15, -0.1) is 21.5 Å². The molecule has 4 aromatic rings. The maximum atomic E-state index is 13.8. The van der Waals surface area contributed by atoms with Crippen molar-refractivity contribution < 1.29 is 18.3 Å². The lowest BCUT2D eigenvalue weighted by Gasteiger charge is -2.17. The number of nitrogens with zero attached hydrogens (tertiary/aromatic N) is 2. The molecule has 0 unspecified atom stereocenters. The second-order valence-corrected chi connectivity index (χ2v) is 8.72. The smallest absolute Gasteiger partial charge is 0.277 e. The van der Waals surface area contributed by atoms with E-state index < -0.39 is 11.9 Å². The van der Waals surface area contributed by atoms with Crippen LogP contribution in [0, 0.1) is 5.82 Å². The summed E-state index contributed by atoms with van der Waals surface area (Å²) >= 11 is 2.72. The van der Waals surface area contributed by atoms with Crippen LogP contribution in [0.5, 0.6) is 5.75 Å². The van der Waals surface area contributed by atoms with Gasteiger partial charge in [0.05, 0.1) is 11.8 Å². The van der Waals surface area contributed by atoms with Crippen LogP contribution in [-0.2, 0) is 4.79 Å². The van der Waals surface area contributed by atoms with Crippen molar-refractivity contribution in [1.82, 2.24) is 15.5 Å². The van der Waals surface area contributed by atoms with Crippen molar-refractivity contribution in [3.8, 4) is 5.75 Å². The predicted octanol–water partition coefficient (Wildman–Crippen LogP) is 5.41. The van der Waals surface area contributed by atoms with Crippen molar-refractivity contribution in [1.29, 1.82) is 0 Å². The van der Waals surface area contributed by atoms with Gasteiger partial charge < -0.3 is 14.5 Å². The Morgan fingerprint density at radius 2 is 1.91 bits per heavy atom. The van der Waals surface area contributed by atoms with Gasteiger partial charge in [-0.25, -0.2) is 4.39 Å². The van der Waals surface area contributed by atoms with E-state index >= 15 is 0 Å². The molecule has 2 heterocycles. The monoisotopic (exact) mass is 469 g/mol. The van der Waals surface area contributed by atoms with Gasteiger partial charge >= 0.3 is 0 Å². The topological polar surface area (TPSA) is 77.2 Å². The van der Waals surface area contributed by atoms with Crippen LogP contribution >= 0.6 is 23.1 Å². The summed E-state index contributed by atoms with van der Waals surface area (Å²) in [5, 5.41) is 13.2. The molecule has 0 fully saturated rings. The first kappa shape index (κ1) is 22.0. The number of benzene rings is 2. The summed E-state index contributed by atoms with van der Waals surface area (Å²) in [5.41, 5.74) is 1.01. The van der Waals surface area contributed by atoms with E-state index in [1.165, 1.54) is 12.1 Å². The van der Waals surface area contributed by atoms with Crippen LogP contribution in [0.15, 0.2) is 81.8 Å². The van der Waals surface area contributed by atoms with Crippen molar-refractivity contribution in [2.75, 3.05) is 5.75 Å². The molecule has 2 atom stereocenters. The first-order valence-electron chi connectivity index (χ1n) is 9.85. The van der Waals surface area contributed by atoms with E-state index in [0.717, 1.165) is 22.2 Å². The molecule has 9 heteroatoms. The number of para-hydroxylation sites is 1. The third-order valence-corrected chi connectivity index (χ3v) is 6.26. The molecular formula is C23H20FN3O3S2. The van der Waals surface area contributed by atoms with Gasteiger partial charge in [0, 0.05) is 4.88 Å². The fourth-order valence-corrected chi connectivity index (χ4v) is 4.36. The van der Waals surface area contributed by atoms with E-state index in [1.54, 1.807) is 30.4 Å². The SMILES string of the molecule is C[C@H](Oc1ccccc1F)c1nnc(SCC(=O)N[C@H](c2ccccc2)c2cccs2)o1. The number of halogens is 1. The molecule has 2 aromatic carbocycles. The first-order chi connectivity index (χ1) is 15.6. The van der Waals surface area contributed by atoms with Crippen molar-refractivity contribution in [3.05, 3.63) is 94.3 Å². The summed E-state index contributed by atoms with van der Waals surface area (Å²) in [7, 11) is 0. The van der Waals surface area contributed by atoms with Crippen LogP contribution in [-0.4, -0.2) is 21.9 Å². The number of carbonyl (C=O) groups is 1. The summed E-state index contributed by atoms with van der Waals surface area (Å²) in [6, 6.07) is 19.6. The van der Waals surface area contributed by atoms with Crippen LogP contribution in [0.4, 0.5) is 4.39 Å². The average molecular weight is 470 g/mol. The normalized spacial score (nSPS) is 12.8. The zero-order chi connectivity index (χ0) is 22.3. The van der Waals surface area contributed by atoms with Crippen molar-refractivity contribution in [3.63, 3.8) is 0 Å². The summed E-state index contributed by atoms with van der Waals surface area (Å²) in [5.74, 6) is -0.209. The highest BCUT2D eigenvalue weighted by molar-refractivity contribution is 7.99. The Kier molecular flexibility index (Phi) is 7.18. The second-order valence-electron chi connectivity index (χ2n) is 6.81. The molecule has 164 valence electrons. The summed E-state index contributed by atoms with van der Waals surface area (Å²) in [6.45, 7) is 1.69. The number of carbonyl (C=O) groups excluding carboxylic acids is 1. The van der Waals surface area contributed by atoms with Crippen LogP contribution in [0.25, 0.3) is 0 Å². The molecule has 0 aliphatic heterocycles. The van der Waals surface area contributed by atoms with Crippen LogP contribution < -0.4 is 10.1 Å². The maximum Gasteiger partial charge on any atom is 0.277 e. The minimum Gasteiger partial charge on any atom is -0.478 e. The fraction of sp³-hybridized carbons (Fsp3) is 0.174. The van der Waals surface area contributed by atoms with E-state index in [4.69, 9.17) is 9.15 Å². The molecule has 6 nitrogen and oxygen atoms in total. The molecule has 2 aromatic heterocycles. The van der Waals surface area contributed by atoms with Crippen LogP contribution in [0.3, 0.4) is 0 Å². The van der Waals surface area contributed by atoms with Crippen LogP contribution in [0.2, 0.25) is 0 Å². The molecule has 0 bridgehead atoms. The Balaban J connectivity index is 1.35. The lowest BCUT2D eigenvalue weighted by molar-refractivity contribution is -0.119. The maximum absolute atomic E-state index is 13.8. The minimum absolute atomic E-state index is 0.104. The fourth-order valence-electron chi connectivity index (χ4n) is 2.97. The number of aromatic nitrogens is 2. The quantitative estimate of drug-likeness (QED) is 0.330. The third-order valence-electron chi connectivity index (χ3n) is 4.50. The third kappa shape index (κ3) is 5.54. The number of thiophene rings is 1. The summed E-state index contributed by atoms with van der Waals surface area (Å²) < 4.78 is 24.9. The lowest BCUT2D eigenvalue weighted by atomic mass is 10.1. The molecule has 4 rings (SSSR count). The largest absolute Gasteiger partial charge is 0.478 e. The minimum atomic E-state index is -0.635. The highest BCUT2D eigenvalue weighted by Gasteiger charge is 2.20. The zero-order valence-corrected chi connectivity index (χ0v) is 18.7. The van der Waals surface area contributed by atoms with Gasteiger partial charge in [0.2, 0.25) is 5.91 Å². The van der Waals surface area contributed by atoms with E-state index in [0.29, 0.717) is 0 Å². The number of hydrogen-bond acceptors (Lipinski definition) is 7. The number of rotatable bonds is 9. The van der Waals surface area contributed by atoms with Gasteiger partial charge in [0.1, 0.15) is 0 Å². The standard InChI is InChI=1S/C23H20FN3O3S2/c1-15(29-18-11-6-5-10-17(18)24)22-26-27-23(30-22)32-14-20(28)25-21(19-12-7-13-31-19)16-8-3-2-4-9-16/h2-13,15,21H,14H2,1H3,(H,25,28)/t15-,21+/m0/s1. The van der Waals surface area contributed by atoms with Crippen LogP contribution in [0.1, 0.15) is 35.4 Å². The van der Waals surface area contributed by atoms with Crippen molar-refractivity contribution in [2.24, 2.45) is 0 Å². The molecule has 32 heavy (non-hydrogen) atoms. The Bertz CT molecular complexity index is 1150. The molecule has 0 saturated carbocycles. The molecular weight excluding hydrogens is 449 g/mol. The second kappa shape index (κ2) is 10.4. The van der Waals surface area contributed by atoms with Crippen molar-refractivity contribution in [2.45, 2.75) is 24.3 Å². The molecule has 0 saturated heterocycles. The average Bonchev–Trinajstić information content (AvgIpc) is 3.51. The number of ether oxygens (including phenoxy) is 1. The molecule has 0 radical (unpaired) electrons. The summed E-state index contributed by atoms with van der Waals surface area (Å²) in [6.07, 6.45) is -0.635. The lowest BCUT2D eigenvalue weighted by Crippen LogP contribution is -2.30. The van der Waals surface area contributed by atoms with E-state index in [9.17, 15) is 9.18 Å². The van der Waals surface area contributed by atoms with Gasteiger partial charge in [-0.3, -0.25) is 4.79 Å². The van der Waals surface area contributed by atoms with Gasteiger partial charge in [-0.2, -0.15) is 0 Å². The number of amides is 1. The molecule has 0 aliphatic carbocycles. The Morgan fingerprint density at radius 1 is 1.12 bits per heavy atom. The van der Waals surface area contributed by atoms with Gasteiger partial charge in [0.15, 0.2) is 17.7 Å². The molecule has 0 aliphatic rings. The zero-order valence-electron chi connectivity index (χ0n) is 17.1. The van der Waals surface area contributed by atoms with E-state index in [1.807, 2.05) is 47.8 Å². The number of thioether (sulfide) groups is 1. The van der Waals surface area contributed by atoms with Crippen molar-refractivity contribution >= 4 is 29.0 Å². The Morgan fingerprint density at radius 3 is 2.66 bits per heavy atom. The molecule has 1 N–H and O–H groups in total. The van der Waals surface area contributed by atoms with E-state index in [-0.39, 0.29) is 34.6 Å². The van der Waals surface area contributed by atoms with Gasteiger partial charge in [-0.1, -0.05) is 60.3 Å². The predicted molar refractivity (Wildman–Crippen MR) is 121 cm³/mol.